The molecular weight excluding hydrogens is 264 g/mol. The van der Waals surface area contributed by atoms with Crippen LogP contribution in [0.1, 0.15) is 35.8 Å². The van der Waals surface area contributed by atoms with E-state index >= 15 is 0 Å². The molecule has 110 valence electrons. The van der Waals surface area contributed by atoms with Crippen LogP contribution < -0.4 is 11.1 Å². The Balaban J connectivity index is 1.62. The summed E-state index contributed by atoms with van der Waals surface area (Å²) in [6.07, 6.45) is 5.16. The highest BCUT2D eigenvalue weighted by molar-refractivity contribution is 5.82. The Bertz CT molecular complexity index is 606. The fourth-order valence-corrected chi connectivity index (χ4v) is 2.88. The quantitative estimate of drug-likeness (QED) is 0.905. The van der Waals surface area contributed by atoms with Gasteiger partial charge in [0.25, 0.3) is 0 Å². The van der Waals surface area contributed by atoms with Gasteiger partial charge in [-0.3, -0.25) is 4.79 Å². The molecule has 1 aromatic heterocycles. The first kappa shape index (κ1) is 13.9. The first-order valence-corrected chi connectivity index (χ1v) is 7.40. The molecule has 1 aliphatic carbocycles. The third-order valence-corrected chi connectivity index (χ3v) is 4.00. The number of aryl methyl sites for hydroxylation is 1. The predicted molar refractivity (Wildman–Crippen MR) is 80.7 cm³/mol. The summed E-state index contributed by atoms with van der Waals surface area (Å²) in [5, 5.41) is 3.06. The number of amides is 1. The van der Waals surface area contributed by atoms with Gasteiger partial charge in [0.1, 0.15) is 5.76 Å². The number of hydrogen-bond donors (Lipinski definition) is 2. The first-order valence-electron chi connectivity index (χ1n) is 7.40. The molecule has 3 N–H and O–H groups in total. The highest BCUT2D eigenvalue weighted by atomic mass is 16.3. The summed E-state index contributed by atoms with van der Waals surface area (Å²) in [6, 6.07) is 11.3. The molecule has 1 aromatic carbocycles. The zero-order valence-corrected chi connectivity index (χ0v) is 11.9. The molecule has 2 aromatic rings. The molecule has 2 unspecified atom stereocenters. The first-order chi connectivity index (χ1) is 10.2. The van der Waals surface area contributed by atoms with Crippen LogP contribution in [0.4, 0.5) is 0 Å². The van der Waals surface area contributed by atoms with Crippen LogP contribution in [0.2, 0.25) is 0 Å². The topological polar surface area (TPSA) is 68.3 Å². The second-order valence-corrected chi connectivity index (χ2v) is 5.55. The number of carbonyl (C=O) groups is 1. The predicted octanol–water partition coefficient (Wildman–Crippen LogP) is 2.34. The van der Waals surface area contributed by atoms with Gasteiger partial charge >= 0.3 is 0 Å². The van der Waals surface area contributed by atoms with Crippen LogP contribution in [0.15, 0.2) is 47.1 Å². The molecule has 1 amide bonds. The van der Waals surface area contributed by atoms with E-state index in [1.54, 1.807) is 6.26 Å². The molecule has 0 fully saturated rings. The van der Waals surface area contributed by atoms with Crippen molar-refractivity contribution in [3.05, 3.63) is 59.5 Å². The lowest BCUT2D eigenvalue weighted by molar-refractivity contribution is -0.123. The minimum Gasteiger partial charge on any atom is -0.469 e. The molecule has 4 nitrogen and oxygen atoms in total. The van der Waals surface area contributed by atoms with Crippen LogP contribution in [-0.4, -0.2) is 11.9 Å². The van der Waals surface area contributed by atoms with Crippen molar-refractivity contribution in [3.63, 3.8) is 0 Å². The summed E-state index contributed by atoms with van der Waals surface area (Å²) >= 11 is 0. The van der Waals surface area contributed by atoms with Gasteiger partial charge in [-0.15, -0.1) is 0 Å². The Labute approximate surface area is 124 Å². The van der Waals surface area contributed by atoms with Gasteiger partial charge < -0.3 is 15.5 Å². The fraction of sp³-hybridized carbons (Fsp3) is 0.353. The summed E-state index contributed by atoms with van der Waals surface area (Å²) < 4.78 is 5.44. The van der Waals surface area contributed by atoms with Crippen molar-refractivity contribution in [2.45, 2.75) is 37.8 Å². The maximum atomic E-state index is 12.3. The summed E-state index contributed by atoms with van der Waals surface area (Å²) in [5.41, 5.74) is 8.20. The van der Waals surface area contributed by atoms with Crippen LogP contribution in [-0.2, 0) is 17.6 Å². The zero-order chi connectivity index (χ0) is 14.7. The van der Waals surface area contributed by atoms with Crippen molar-refractivity contribution in [2.75, 3.05) is 0 Å². The van der Waals surface area contributed by atoms with Crippen molar-refractivity contribution in [2.24, 2.45) is 5.73 Å². The maximum Gasteiger partial charge on any atom is 0.237 e. The number of rotatable bonds is 4. The van der Waals surface area contributed by atoms with Gasteiger partial charge in [0.2, 0.25) is 5.91 Å². The van der Waals surface area contributed by atoms with Gasteiger partial charge in [-0.2, -0.15) is 0 Å². The number of nitrogens with two attached hydrogens (primary N) is 1. The van der Waals surface area contributed by atoms with Crippen LogP contribution in [0.3, 0.4) is 0 Å². The van der Waals surface area contributed by atoms with Gasteiger partial charge in [-0.1, -0.05) is 30.3 Å². The number of furan rings is 1. The van der Waals surface area contributed by atoms with Gasteiger partial charge in [0.05, 0.1) is 18.3 Å². The van der Waals surface area contributed by atoms with Gasteiger partial charge in [0.15, 0.2) is 0 Å². The normalized spacial score (nSPS) is 18.8. The molecule has 0 radical (unpaired) electrons. The Hall–Kier alpha value is -2.07. The SMILES string of the molecule is NC(Cc1ccccc1)C(=O)NC1CCCc2occc21. The Morgan fingerprint density at radius 3 is 2.95 bits per heavy atom. The number of fused-ring (bicyclic) bond motifs is 1. The van der Waals surface area contributed by atoms with Crippen molar-refractivity contribution in [1.29, 1.82) is 0 Å². The zero-order valence-electron chi connectivity index (χ0n) is 11.9. The van der Waals surface area contributed by atoms with Gasteiger partial charge in [-0.05, 0) is 30.9 Å². The number of hydrogen-bond acceptors (Lipinski definition) is 3. The molecule has 2 atom stereocenters. The fourth-order valence-electron chi connectivity index (χ4n) is 2.88. The minimum absolute atomic E-state index is 0.0295. The molecule has 0 spiro atoms. The van der Waals surface area contributed by atoms with E-state index in [4.69, 9.17) is 10.2 Å². The number of nitrogens with one attached hydrogen (secondary N) is 1. The van der Waals surface area contributed by atoms with Crippen LogP contribution in [0.25, 0.3) is 0 Å². The lowest BCUT2D eigenvalue weighted by Gasteiger charge is -2.24. The lowest BCUT2D eigenvalue weighted by Crippen LogP contribution is -2.44. The van der Waals surface area contributed by atoms with E-state index in [2.05, 4.69) is 5.32 Å². The van der Waals surface area contributed by atoms with Crippen molar-refractivity contribution in [1.82, 2.24) is 5.32 Å². The number of benzene rings is 1. The molecule has 0 aliphatic heterocycles. The van der Waals surface area contributed by atoms with E-state index in [0.717, 1.165) is 36.1 Å². The Kier molecular flexibility index (Phi) is 4.06. The van der Waals surface area contributed by atoms with Crippen LogP contribution in [0, 0.1) is 0 Å². The highest BCUT2D eigenvalue weighted by Gasteiger charge is 2.25. The van der Waals surface area contributed by atoms with Crippen molar-refractivity contribution >= 4 is 5.91 Å². The second kappa shape index (κ2) is 6.14. The van der Waals surface area contributed by atoms with Crippen LogP contribution >= 0.6 is 0 Å². The minimum atomic E-state index is -0.523. The summed E-state index contributed by atoms with van der Waals surface area (Å²) in [7, 11) is 0. The standard InChI is InChI=1S/C17H20N2O2/c18-14(11-12-5-2-1-3-6-12)17(20)19-15-7-4-8-16-13(15)9-10-21-16/h1-3,5-6,9-10,14-15H,4,7-8,11,18H2,(H,19,20). The monoisotopic (exact) mass is 284 g/mol. The molecule has 0 saturated carbocycles. The molecule has 0 bridgehead atoms. The van der Waals surface area contributed by atoms with Gasteiger partial charge in [0, 0.05) is 12.0 Å². The largest absolute Gasteiger partial charge is 0.469 e. The van der Waals surface area contributed by atoms with E-state index in [9.17, 15) is 4.79 Å². The van der Waals surface area contributed by atoms with Crippen molar-refractivity contribution in [3.8, 4) is 0 Å². The number of carbonyl (C=O) groups excluding carboxylic acids is 1. The maximum absolute atomic E-state index is 12.3. The van der Waals surface area contributed by atoms with Gasteiger partial charge in [-0.25, -0.2) is 0 Å². The van der Waals surface area contributed by atoms with E-state index in [1.165, 1.54) is 0 Å². The summed E-state index contributed by atoms with van der Waals surface area (Å²) in [5.74, 6) is 0.890. The highest BCUT2D eigenvalue weighted by Crippen LogP contribution is 2.30. The smallest absolute Gasteiger partial charge is 0.237 e. The van der Waals surface area contributed by atoms with E-state index in [0.29, 0.717) is 6.42 Å². The van der Waals surface area contributed by atoms with E-state index in [-0.39, 0.29) is 11.9 Å². The molecule has 1 aliphatic rings. The average Bonchev–Trinajstić information content (AvgIpc) is 2.98. The Morgan fingerprint density at radius 1 is 1.33 bits per heavy atom. The average molecular weight is 284 g/mol. The molecule has 21 heavy (non-hydrogen) atoms. The molecular formula is C17H20N2O2. The lowest BCUT2D eigenvalue weighted by atomic mass is 9.93. The molecule has 0 saturated heterocycles. The second-order valence-electron chi connectivity index (χ2n) is 5.55. The summed E-state index contributed by atoms with van der Waals surface area (Å²) in [6.45, 7) is 0. The van der Waals surface area contributed by atoms with Crippen molar-refractivity contribution < 1.29 is 9.21 Å². The van der Waals surface area contributed by atoms with Crippen LogP contribution in [0.5, 0.6) is 0 Å². The Morgan fingerprint density at radius 2 is 2.14 bits per heavy atom. The van der Waals surface area contributed by atoms with E-state index < -0.39 is 6.04 Å². The summed E-state index contributed by atoms with van der Waals surface area (Å²) in [4.78, 5) is 12.3. The molecule has 4 heteroatoms. The molecule has 1 heterocycles. The molecule has 3 rings (SSSR count). The van der Waals surface area contributed by atoms with E-state index in [1.807, 2.05) is 36.4 Å². The third-order valence-electron chi connectivity index (χ3n) is 4.00. The third kappa shape index (κ3) is 3.16.